The number of aromatic amines is 1. The topological polar surface area (TPSA) is 54.5 Å². The zero-order valence-corrected chi connectivity index (χ0v) is 32.9. The standard InChI is InChI=1S/C57H34N4/c1-2-9-50-44(5-1)33-53(59-50)46-24-17-37-18-25-47-45(23-16-36-19-26-48(46)55(37)54(36)47)41-6-3-7-43(32-41)52-29-21-39-15-14-38-20-28-51(60-56(38)57(39)61-52)35-12-10-34(11-13-35)40-22-27-49-42(31-40)8-4-30-58-49/h1-33,59H. The van der Waals surface area contributed by atoms with Crippen LogP contribution in [0.1, 0.15) is 0 Å². The summed E-state index contributed by atoms with van der Waals surface area (Å²) in [4.78, 5) is 18.7. The van der Waals surface area contributed by atoms with Gasteiger partial charge in [0, 0.05) is 55.6 Å². The van der Waals surface area contributed by atoms with Crippen LogP contribution in [0.3, 0.4) is 0 Å². The molecule has 0 fully saturated rings. The highest BCUT2D eigenvalue weighted by Gasteiger charge is 2.17. The summed E-state index contributed by atoms with van der Waals surface area (Å²) in [5.74, 6) is 0. The largest absolute Gasteiger partial charge is 0.355 e. The van der Waals surface area contributed by atoms with Crippen molar-refractivity contribution in [1.82, 2.24) is 19.9 Å². The van der Waals surface area contributed by atoms with Crippen LogP contribution < -0.4 is 0 Å². The van der Waals surface area contributed by atoms with E-state index in [1.807, 2.05) is 12.3 Å². The van der Waals surface area contributed by atoms with Crippen LogP contribution in [-0.2, 0) is 0 Å². The van der Waals surface area contributed by atoms with Crippen molar-refractivity contribution in [2.45, 2.75) is 0 Å². The summed E-state index contributed by atoms with van der Waals surface area (Å²) in [5.41, 5.74) is 15.0. The Hall–Kier alpha value is -8.21. The Kier molecular flexibility index (Phi) is 7.27. The van der Waals surface area contributed by atoms with Gasteiger partial charge in [-0.1, -0.05) is 146 Å². The van der Waals surface area contributed by atoms with E-state index in [1.54, 1.807) is 0 Å². The summed E-state index contributed by atoms with van der Waals surface area (Å²) in [6.45, 7) is 0. The van der Waals surface area contributed by atoms with Crippen molar-refractivity contribution < 1.29 is 0 Å². The molecule has 0 bridgehead atoms. The van der Waals surface area contributed by atoms with Gasteiger partial charge < -0.3 is 4.98 Å². The second kappa shape index (κ2) is 13.2. The van der Waals surface area contributed by atoms with Gasteiger partial charge in [-0.15, -0.1) is 0 Å². The molecule has 0 saturated heterocycles. The van der Waals surface area contributed by atoms with Crippen LogP contribution in [-0.4, -0.2) is 19.9 Å². The third kappa shape index (κ3) is 5.43. The third-order valence-electron chi connectivity index (χ3n) is 12.6. The molecule has 4 heteroatoms. The van der Waals surface area contributed by atoms with Crippen LogP contribution in [0, 0.1) is 0 Å². The number of pyridine rings is 3. The normalized spacial score (nSPS) is 11.9. The number of nitrogens with one attached hydrogen (secondary N) is 1. The molecule has 4 nitrogen and oxygen atoms in total. The van der Waals surface area contributed by atoms with Gasteiger partial charge in [0.25, 0.3) is 0 Å². The number of aromatic nitrogens is 4. The van der Waals surface area contributed by atoms with E-state index >= 15 is 0 Å². The summed E-state index contributed by atoms with van der Waals surface area (Å²) >= 11 is 0. The summed E-state index contributed by atoms with van der Waals surface area (Å²) in [7, 11) is 0. The van der Waals surface area contributed by atoms with E-state index < -0.39 is 0 Å². The molecule has 0 aliphatic carbocycles. The number of nitrogens with zero attached hydrogens (tertiary/aromatic N) is 3. The summed E-state index contributed by atoms with van der Waals surface area (Å²) in [6.07, 6.45) is 1.83. The predicted octanol–water partition coefficient (Wildman–Crippen LogP) is 15.0. The van der Waals surface area contributed by atoms with E-state index in [2.05, 4.69) is 198 Å². The van der Waals surface area contributed by atoms with Gasteiger partial charge in [-0.05, 0) is 103 Å². The van der Waals surface area contributed by atoms with Gasteiger partial charge in [0.15, 0.2) is 0 Å². The monoisotopic (exact) mass is 774 g/mol. The van der Waals surface area contributed by atoms with Crippen molar-refractivity contribution in [3.05, 3.63) is 200 Å². The maximum atomic E-state index is 5.33. The lowest BCUT2D eigenvalue weighted by molar-refractivity contribution is 1.36. The van der Waals surface area contributed by atoms with E-state index in [-0.39, 0.29) is 0 Å². The van der Waals surface area contributed by atoms with Crippen molar-refractivity contribution in [3.8, 4) is 56.0 Å². The molecule has 13 aromatic rings. The van der Waals surface area contributed by atoms with Gasteiger partial charge in [-0.25, -0.2) is 9.97 Å². The predicted molar refractivity (Wildman–Crippen MR) is 255 cm³/mol. The lowest BCUT2D eigenvalue weighted by Crippen LogP contribution is -1.92. The lowest BCUT2D eigenvalue weighted by Gasteiger charge is -2.16. The van der Waals surface area contributed by atoms with Crippen molar-refractivity contribution in [2.75, 3.05) is 0 Å². The molecule has 4 aromatic heterocycles. The first kappa shape index (κ1) is 33.7. The number of rotatable bonds is 5. The first-order valence-electron chi connectivity index (χ1n) is 20.7. The van der Waals surface area contributed by atoms with Crippen molar-refractivity contribution in [3.63, 3.8) is 0 Å². The average Bonchev–Trinajstić information content (AvgIpc) is 3.77. The highest BCUT2D eigenvalue weighted by atomic mass is 14.8. The Balaban J connectivity index is 0.882. The molecule has 0 aliphatic heterocycles. The fourth-order valence-electron chi connectivity index (χ4n) is 9.53. The molecule has 0 atom stereocenters. The Labute approximate surface area is 350 Å². The molecule has 61 heavy (non-hydrogen) atoms. The highest BCUT2D eigenvalue weighted by molar-refractivity contribution is 6.27. The molecule has 0 unspecified atom stereocenters. The Morgan fingerprint density at radius 3 is 1.72 bits per heavy atom. The Morgan fingerprint density at radius 1 is 0.344 bits per heavy atom. The Morgan fingerprint density at radius 2 is 0.951 bits per heavy atom. The van der Waals surface area contributed by atoms with Crippen LogP contribution in [0.2, 0.25) is 0 Å². The van der Waals surface area contributed by atoms with E-state index in [9.17, 15) is 0 Å². The van der Waals surface area contributed by atoms with Gasteiger partial charge >= 0.3 is 0 Å². The minimum absolute atomic E-state index is 0.900. The van der Waals surface area contributed by atoms with Crippen LogP contribution in [0.15, 0.2) is 200 Å². The van der Waals surface area contributed by atoms with Gasteiger partial charge in [-0.2, -0.15) is 0 Å². The molecular formula is C57H34N4. The minimum Gasteiger partial charge on any atom is -0.355 e. The number of hydrogen-bond donors (Lipinski definition) is 1. The number of hydrogen-bond acceptors (Lipinski definition) is 3. The molecule has 0 amide bonds. The maximum Gasteiger partial charge on any atom is 0.0972 e. The van der Waals surface area contributed by atoms with Gasteiger partial charge in [-0.3, -0.25) is 4.98 Å². The smallest absolute Gasteiger partial charge is 0.0972 e. The molecule has 13 rings (SSSR count). The molecule has 0 spiro atoms. The lowest BCUT2D eigenvalue weighted by atomic mass is 9.87. The van der Waals surface area contributed by atoms with E-state index in [0.717, 1.165) is 77.6 Å². The number of H-pyrrole nitrogens is 1. The Bertz CT molecular complexity index is 3850. The molecule has 282 valence electrons. The maximum absolute atomic E-state index is 5.33. The summed E-state index contributed by atoms with van der Waals surface area (Å²) < 4.78 is 0. The zero-order valence-electron chi connectivity index (χ0n) is 32.9. The summed E-state index contributed by atoms with van der Waals surface area (Å²) in [6, 6.07) is 69.8. The van der Waals surface area contributed by atoms with Gasteiger partial charge in [0.2, 0.25) is 0 Å². The zero-order chi connectivity index (χ0) is 40.0. The van der Waals surface area contributed by atoms with Gasteiger partial charge in [0.05, 0.1) is 27.9 Å². The second-order valence-corrected chi connectivity index (χ2v) is 16.1. The number of fused-ring (bicyclic) bond motifs is 5. The number of para-hydroxylation sites is 1. The SMILES string of the molecule is c1cc(-c2ccc3ccc4ccc(-c5ccc(-c6ccc7ncccc7c6)cc5)nc4c3n2)cc(-c2ccc3ccc4c(-c5cc6ccccc6[nH]5)ccc5ccc2c3c54)c1. The molecule has 0 saturated carbocycles. The van der Waals surface area contributed by atoms with Crippen LogP contribution >= 0.6 is 0 Å². The molecular weight excluding hydrogens is 741 g/mol. The first-order chi connectivity index (χ1) is 30.2. The van der Waals surface area contributed by atoms with Crippen molar-refractivity contribution in [1.29, 1.82) is 0 Å². The van der Waals surface area contributed by atoms with Crippen LogP contribution in [0.5, 0.6) is 0 Å². The quantitative estimate of drug-likeness (QED) is 0.177. The fraction of sp³-hybridized carbons (Fsp3) is 0. The minimum atomic E-state index is 0.900. The van der Waals surface area contributed by atoms with Crippen molar-refractivity contribution >= 4 is 75.9 Å². The average molecular weight is 775 g/mol. The molecule has 0 radical (unpaired) electrons. The van der Waals surface area contributed by atoms with E-state index in [4.69, 9.17) is 9.97 Å². The van der Waals surface area contributed by atoms with E-state index in [1.165, 1.54) is 54.4 Å². The van der Waals surface area contributed by atoms with Crippen molar-refractivity contribution in [2.24, 2.45) is 0 Å². The molecule has 0 aliphatic rings. The fourth-order valence-corrected chi connectivity index (χ4v) is 9.53. The summed E-state index contributed by atoms with van der Waals surface area (Å²) in [5, 5.41) is 12.1. The number of benzene rings is 9. The molecule has 9 aromatic carbocycles. The molecule has 1 N–H and O–H groups in total. The van der Waals surface area contributed by atoms with Gasteiger partial charge in [0.1, 0.15) is 0 Å². The third-order valence-corrected chi connectivity index (χ3v) is 12.6. The molecule has 4 heterocycles. The van der Waals surface area contributed by atoms with Crippen LogP contribution in [0.25, 0.3) is 132 Å². The van der Waals surface area contributed by atoms with Crippen LogP contribution in [0.4, 0.5) is 0 Å². The van der Waals surface area contributed by atoms with E-state index in [0.29, 0.717) is 0 Å². The second-order valence-electron chi connectivity index (χ2n) is 16.1. The first-order valence-corrected chi connectivity index (χ1v) is 20.7. The highest BCUT2D eigenvalue weighted by Crippen LogP contribution is 2.43.